The summed E-state index contributed by atoms with van der Waals surface area (Å²) in [4.78, 5) is 4.98. The van der Waals surface area contributed by atoms with Crippen LogP contribution in [-0.4, -0.2) is 4.98 Å². The fourth-order valence-electron chi connectivity index (χ4n) is 3.23. The number of pyridine rings is 1. The van der Waals surface area contributed by atoms with Gasteiger partial charge in [0.05, 0.1) is 11.4 Å². The van der Waals surface area contributed by atoms with Gasteiger partial charge >= 0.3 is 0 Å². The van der Waals surface area contributed by atoms with Crippen molar-refractivity contribution in [2.24, 2.45) is 0 Å². The van der Waals surface area contributed by atoms with E-state index < -0.39 is 0 Å². The van der Waals surface area contributed by atoms with Crippen molar-refractivity contribution in [2.75, 3.05) is 0 Å². The number of hydrogen-bond donors (Lipinski definition) is 0. The van der Waals surface area contributed by atoms with E-state index in [0.717, 1.165) is 22.5 Å². The minimum absolute atomic E-state index is 1.01. The Morgan fingerprint density at radius 1 is 0.464 bits per heavy atom. The van der Waals surface area contributed by atoms with Gasteiger partial charge in [-0.1, -0.05) is 91.7 Å². The number of aryl methyl sites for hydroxylation is 2. The van der Waals surface area contributed by atoms with Crippen LogP contribution in [-0.2, 0) is 0 Å². The molecule has 0 amide bonds. The largest absolute Gasteiger partial charge is 0.248 e. The lowest BCUT2D eigenvalue weighted by Crippen LogP contribution is -1.92. The molecule has 1 heteroatoms. The van der Waals surface area contributed by atoms with Crippen molar-refractivity contribution >= 4 is 0 Å². The topological polar surface area (TPSA) is 12.9 Å². The zero-order valence-electron chi connectivity index (χ0n) is 17.1. The van der Waals surface area contributed by atoms with Gasteiger partial charge in [-0.2, -0.15) is 0 Å². The van der Waals surface area contributed by atoms with Crippen LogP contribution in [0.15, 0.2) is 91.0 Å². The predicted octanol–water partition coefficient (Wildman–Crippen LogP) is 7.73. The fraction of sp³-hybridized carbons (Fsp3) is 0.148. The van der Waals surface area contributed by atoms with Crippen LogP contribution in [0, 0.1) is 13.8 Å². The van der Waals surface area contributed by atoms with Crippen molar-refractivity contribution in [3.05, 3.63) is 102 Å². The van der Waals surface area contributed by atoms with Crippen LogP contribution in [0.5, 0.6) is 0 Å². The van der Waals surface area contributed by atoms with E-state index in [1.54, 1.807) is 0 Å². The van der Waals surface area contributed by atoms with Gasteiger partial charge in [-0.15, -0.1) is 0 Å². The standard InChI is InChI=1S/C25H21N.C2H6/c1-18-8-6-12-21(14-18)24-16-23(20-10-4-3-5-11-20)17-25(26-24)22-13-7-9-19(2)15-22;1-2/h3-17H,1-2H3;1-2H3. The molecule has 0 N–H and O–H groups in total. The summed E-state index contributed by atoms with van der Waals surface area (Å²) in [5.41, 5.74) is 9.19. The van der Waals surface area contributed by atoms with Crippen LogP contribution < -0.4 is 0 Å². The third-order valence-corrected chi connectivity index (χ3v) is 4.56. The highest BCUT2D eigenvalue weighted by Gasteiger charge is 2.09. The third-order valence-electron chi connectivity index (χ3n) is 4.56. The molecule has 0 aliphatic heterocycles. The normalized spacial score (nSPS) is 10.1. The average molecular weight is 366 g/mol. The molecule has 3 aromatic carbocycles. The summed E-state index contributed by atoms with van der Waals surface area (Å²) in [7, 11) is 0. The smallest absolute Gasteiger partial charge is 0.0715 e. The van der Waals surface area contributed by atoms with E-state index >= 15 is 0 Å². The van der Waals surface area contributed by atoms with Crippen molar-refractivity contribution in [1.29, 1.82) is 0 Å². The number of nitrogens with zero attached hydrogens (tertiary/aromatic N) is 1. The predicted molar refractivity (Wildman–Crippen MR) is 121 cm³/mol. The SMILES string of the molecule is CC.Cc1cccc(-c2cc(-c3ccccc3)cc(-c3cccc(C)c3)n2)c1. The molecule has 0 radical (unpaired) electrons. The van der Waals surface area contributed by atoms with E-state index in [0.29, 0.717) is 0 Å². The first-order valence-corrected chi connectivity index (χ1v) is 9.91. The van der Waals surface area contributed by atoms with Crippen LogP contribution in [0.4, 0.5) is 0 Å². The third kappa shape index (κ3) is 4.55. The fourth-order valence-corrected chi connectivity index (χ4v) is 3.23. The van der Waals surface area contributed by atoms with E-state index in [2.05, 4.69) is 98.8 Å². The molecule has 0 saturated carbocycles. The lowest BCUT2D eigenvalue weighted by Gasteiger charge is -2.11. The van der Waals surface area contributed by atoms with Crippen molar-refractivity contribution in [1.82, 2.24) is 4.98 Å². The maximum absolute atomic E-state index is 4.98. The Labute approximate surface area is 168 Å². The minimum Gasteiger partial charge on any atom is -0.248 e. The Hall–Kier alpha value is -3.19. The van der Waals surface area contributed by atoms with E-state index in [-0.39, 0.29) is 0 Å². The highest BCUT2D eigenvalue weighted by atomic mass is 14.7. The molecule has 1 aromatic heterocycles. The summed E-state index contributed by atoms with van der Waals surface area (Å²) in [6, 6.07) is 31.9. The van der Waals surface area contributed by atoms with Crippen LogP contribution in [0.1, 0.15) is 25.0 Å². The summed E-state index contributed by atoms with van der Waals surface area (Å²) >= 11 is 0. The molecule has 0 saturated heterocycles. The molecule has 1 heterocycles. The molecule has 0 unspecified atom stereocenters. The van der Waals surface area contributed by atoms with Crippen LogP contribution in [0.25, 0.3) is 33.6 Å². The quantitative estimate of drug-likeness (QED) is 0.362. The number of benzene rings is 3. The maximum Gasteiger partial charge on any atom is 0.0715 e. The second kappa shape index (κ2) is 9.14. The van der Waals surface area contributed by atoms with Gasteiger partial charge in [0, 0.05) is 11.1 Å². The summed E-state index contributed by atoms with van der Waals surface area (Å²) in [6.45, 7) is 8.23. The van der Waals surface area contributed by atoms with Gasteiger partial charge in [0.25, 0.3) is 0 Å². The summed E-state index contributed by atoms with van der Waals surface area (Å²) in [6.07, 6.45) is 0. The zero-order valence-corrected chi connectivity index (χ0v) is 17.1. The van der Waals surface area contributed by atoms with E-state index in [1.165, 1.54) is 22.3 Å². The van der Waals surface area contributed by atoms with Crippen molar-refractivity contribution in [3.63, 3.8) is 0 Å². The highest BCUT2D eigenvalue weighted by Crippen LogP contribution is 2.30. The lowest BCUT2D eigenvalue weighted by atomic mass is 9.99. The molecule has 0 fully saturated rings. The molecular formula is C27H27N. The van der Waals surface area contributed by atoms with E-state index in [4.69, 9.17) is 4.98 Å². The number of rotatable bonds is 3. The van der Waals surface area contributed by atoms with Gasteiger partial charge in [0.2, 0.25) is 0 Å². The Balaban J connectivity index is 0.00000109. The Morgan fingerprint density at radius 3 is 1.39 bits per heavy atom. The van der Waals surface area contributed by atoms with Gasteiger partial charge in [-0.05, 0) is 49.2 Å². The first-order valence-electron chi connectivity index (χ1n) is 9.91. The van der Waals surface area contributed by atoms with Gasteiger partial charge < -0.3 is 0 Å². The van der Waals surface area contributed by atoms with Gasteiger partial charge in [-0.3, -0.25) is 0 Å². The van der Waals surface area contributed by atoms with Crippen LogP contribution in [0.3, 0.4) is 0 Å². The molecule has 0 aliphatic carbocycles. The number of hydrogen-bond acceptors (Lipinski definition) is 1. The molecule has 0 bridgehead atoms. The molecule has 1 nitrogen and oxygen atoms in total. The highest BCUT2D eigenvalue weighted by molar-refractivity contribution is 5.76. The lowest BCUT2D eigenvalue weighted by molar-refractivity contribution is 1.31. The van der Waals surface area contributed by atoms with Crippen LogP contribution in [0.2, 0.25) is 0 Å². The van der Waals surface area contributed by atoms with Crippen molar-refractivity contribution < 1.29 is 0 Å². The Bertz CT molecular complexity index is 985. The zero-order chi connectivity index (χ0) is 19.9. The van der Waals surface area contributed by atoms with Crippen molar-refractivity contribution in [2.45, 2.75) is 27.7 Å². The first kappa shape index (κ1) is 19.6. The molecule has 0 atom stereocenters. The molecule has 4 aromatic rings. The Morgan fingerprint density at radius 2 is 0.929 bits per heavy atom. The van der Waals surface area contributed by atoms with E-state index in [9.17, 15) is 0 Å². The van der Waals surface area contributed by atoms with Crippen LogP contribution >= 0.6 is 0 Å². The first-order chi connectivity index (χ1) is 13.7. The number of aromatic nitrogens is 1. The molecule has 140 valence electrons. The Kier molecular flexibility index (Phi) is 6.39. The molecule has 0 spiro atoms. The van der Waals surface area contributed by atoms with E-state index in [1.807, 2.05) is 19.9 Å². The summed E-state index contributed by atoms with van der Waals surface area (Å²) in [5.74, 6) is 0. The second-order valence-electron chi connectivity index (χ2n) is 6.73. The minimum atomic E-state index is 1.01. The summed E-state index contributed by atoms with van der Waals surface area (Å²) in [5, 5.41) is 0. The average Bonchev–Trinajstić information content (AvgIpc) is 2.75. The van der Waals surface area contributed by atoms with Gasteiger partial charge in [-0.25, -0.2) is 4.98 Å². The molecular weight excluding hydrogens is 338 g/mol. The summed E-state index contributed by atoms with van der Waals surface area (Å²) < 4.78 is 0. The van der Waals surface area contributed by atoms with Crippen molar-refractivity contribution in [3.8, 4) is 33.6 Å². The second-order valence-corrected chi connectivity index (χ2v) is 6.73. The van der Waals surface area contributed by atoms with Gasteiger partial charge in [0.15, 0.2) is 0 Å². The van der Waals surface area contributed by atoms with Gasteiger partial charge in [0.1, 0.15) is 0 Å². The maximum atomic E-state index is 4.98. The molecule has 0 aliphatic rings. The molecule has 4 rings (SSSR count). The molecule has 28 heavy (non-hydrogen) atoms. The monoisotopic (exact) mass is 365 g/mol.